The standard InChI is InChI=1S/C25H23N3OS/c1-18-8-10-22(11-9-18)24-17-30-25(26-24)28-27-19(2)21-12-14-23(15-13-21)29-16-20-6-4-3-5-7-20/h3-15,17H,16H2,1-2H3,(H,26,28)/b27-19-. The number of aryl methyl sites for hydroxylation is 1. The number of thiazole rings is 1. The van der Waals surface area contributed by atoms with Gasteiger partial charge in [0.2, 0.25) is 5.13 Å². The Balaban J connectivity index is 1.36. The molecule has 0 aliphatic heterocycles. The average molecular weight is 414 g/mol. The van der Waals surface area contributed by atoms with Crippen molar-refractivity contribution in [2.45, 2.75) is 20.5 Å². The molecule has 0 aliphatic rings. The van der Waals surface area contributed by atoms with Crippen molar-refractivity contribution in [3.05, 3.63) is 101 Å². The molecule has 0 spiro atoms. The lowest BCUT2D eigenvalue weighted by atomic mass is 10.1. The zero-order chi connectivity index (χ0) is 20.8. The molecule has 4 aromatic rings. The summed E-state index contributed by atoms with van der Waals surface area (Å²) in [7, 11) is 0. The summed E-state index contributed by atoms with van der Waals surface area (Å²) < 4.78 is 5.84. The zero-order valence-corrected chi connectivity index (χ0v) is 17.8. The molecule has 1 heterocycles. The summed E-state index contributed by atoms with van der Waals surface area (Å²) in [5.41, 5.74) is 9.44. The molecular formula is C25H23N3OS. The maximum absolute atomic E-state index is 5.84. The lowest BCUT2D eigenvalue weighted by Crippen LogP contribution is -2.00. The number of benzene rings is 3. The van der Waals surface area contributed by atoms with Gasteiger partial charge in [-0.25, -0.2) is 4.98 Å². The molecule has 0 radical (unpaired) electrons. The fourth-order valence-electron chi connectivity index (χ4n) is 2.91. The Bertz CT molecular complexity index is 1120. The second kappa shape index (κ2) is 9.37. The molecular weight excluding hydrogens is 390 g/mol. The first-order valence-electron chi connectivity index (χ1n) is 9.77. The minimum atomic E-state index is 0.558. The number of anilines is 1. The van der Waals surface area contributed by atoms with Crippen LogP contribution in [0.5, 0.6) is 5.75 Å². The maximum atomic E-state index is 5.84. The van der Waals surface area contributed by atoms with Crippen LogP contribution in [-0.2, 0) is 6.61 Å². The van der Waals surface area contributed by atoms with Crippen molar-refractivity contribution in [1.82, 2.24) is 4.98 Å². The highest BCUT2D eigenvalue weighted by Crippen LogP contribution is 2.25. The molecule has 0 amide bonds. The van der Waals surface area contributed by atoms with Gasteiger partial charge in [0.15, 0.2) is 0 Å². The fraction of sp³-hybridized carbons (Fsp3) is 0.120. The van der Waals surface area contributed by atoms with Crippen LogP contribution in [0.3, 0.4) is 0 Å². The molecule has 0 atom stereocenters. The highest BCUT2D eigenvalue weighted by Gasteiger charge is 2.05. The molecule has 0 saturated carbocycles. The molecule has 3 aromatic carbocycles. The number of hydrogen-bond acceptors (Lipinski definition) is 5. The minimum Gasteiger partial charge on any atom is -0.489 e. The quantitative estimate of drug-likeness (QED) is 0.277. The van der Waals surface area contributed by atoms with Crippen LogP contribution in [0, 0.1) is 6.92 Å². The molecule has 4 rings (SSSR count). The van der Waals surface area contributed by atoms with Crippen LogP contribution >= 0.6 is 11.3 Å². The number of nitrogens with zero attached hydrogens (tertiary/aromatic N) is 2. The monoisotopic (exact) mass is 413 g/mol. The number of rotatable bonds is 7. The van der Waals surface area contributed by atoms with Gasteiger partial charge in [0.25, 0.3) is 0 Å². The number of hydrazone groups is 1. The predicted octanol–water partition coefficient (Wildman–Crippen LogP) is 6.53. The number of hydrogen-bond donors (Lipinski definition) is 1. The smallest absolute Gasteiger partial charge is 0.203 e. The SMILES string of the molecule is C/C(=N/Nc1nc(-c2ccc(C)cc2)cs1)c1ccc(OCc2ccccc2)cc1. The number of aromatic nitrogens is 1. The van der Waals surface area contributed by atoms with Crippen molar-refractivity contribution < 1.29 is 4.74 Å². The van der Waals surface area contributed by atoms with E-state index in [4.69, 9.17) is 4.74 Å². The third-order valence-corrected chi connectivity index (χ3v) is 5.44. The van der Waals surface area contributed by atoms with E-state index in [1.165, 1.54) is 5.56 Å². The number of nitrogens with one attached hydrogen (secondary N) is 1. The molecule has 150 valence electrons. The first-order valence-corrected chi connectivity index (χ1v) is 10.7. The normalized spacial score (nSPS) is 11.3. The van der Waals surface area contributed by atoms with Crippen molar-refractivity contribution >= 4 is 22.2 Å². The Kier molecular flexibility index (Phi) is 6.20. The summed E-state index contributed by atoms with van der Waals surface area (Å²) >= 11 is 1.54. The van der Waals surface area contributed by atoms with Gasteiger partial charge in [-0.2, -0.15) is 5.10 Å². The van der Waals surface area contributed by atoms with E-state index in [1.54, 1.807) is 11.3 Å². The second-order valence-corrected chi connectivity index (χ2v) is 7.87. The zero-order valence-electron chi connectivity index (χ0n) is 17.0. The van der Waals surface area contributed by atoms with Crippen LogP contribution in [0.15, 0.2) is 89.3 Å². The Morgan fingerprint density at radius 2 is 1.70 bits per heavy atom. The molecule has 30 heavy (non-hydrogen) atoms. The van der Waals surface area contributed by atoms with E-state index < -0.39 is 0 Å². The van der Waals surface area contributed by atoms with Gasteiger partial charge in [0.05, 0.1) is 11.4 Å². The van der Waals surface area contributed by atoms with E-state index in [1.807, 2.05) is 54.8 Å². The Morgan fingerprint density at radius 3 is 2.43 bits per heavy atom. The fourth-order valence-corrected chi connectivity index (χ4v) is 3.57. The second-order valence-electron chi connectivity index (χ2n) is 7.01. The average Bonchev–Trinajstić information content (AvgIpc) is 3.27. The van der Waals surface area contributed by atoms with Crippen molar-refractivity contribution in [2.24, 2.45) is 5.10 Å². The Morgan fingerprint density at radius 1 is 0.967 bits per heavy atom. The van der Waals surface area contributed by atoms with Gasteiger partial charge in [0.1, 0.15) is 12.4 Å². The summed E-state index contributed by atoms with van der Waals surface area (Å²) in [5, 5.41) is 7.29. The highest BCUT2D eigenvalue weighted by atomic mass is 32.1. The van der Waals surface area contributed by atoms with Crippen LogP contribution in [-0.4, -0.2) is 10.7 Å². The van der Waals surface area contributed by atoms with Crippen LogP contribution in [0.1, 0.15) is 23.6 Å². The lowest BCUT2D eigenvalue weighted by Gasteiger charge is -2.07. The van der Waals surface area contributed by atoms with Crippen LogP contribution in [0.2, 0.25) is 0 Å². The molecule has 0 bridgehead atoms. The lowest BCUT2D eigenvalue weighted by molar-refractivity contribution is 0.306. The van der Waals surface area contributed by atoms with E-state index in [0.717, 1.165) is 39.0 Å². The molecule has 0 fully saturated rings. The summed E-state index contributed by atoms with van der Waals surface area (Å²) in [5.74, 6) is 0.839. The molecule has 0 aliphatic carbocycles. The molecule has 0 saturated heterocycles. The minimum absolute atomic E-state index is 0.558. The van der Waals surface area contributed by atoms with Gasteiger partial charge in [0, 0.05) is 10.9 Å². The van der Waals surface area contributed by atoms with E-state index in [9.17, 15) is 0 Å². The molecule has 0 unspecified atom stereocenters. The van der Waals surface area contributed by atoms with Gasteiger partial charge >= 0.3 is 0 Å². The summed E-state index contributed by atoms with van der Waals surface area (Å²) in [6.45, 7) is 4.61. The van der Waals surface area contributed by atoms with E-state index in [2.05, 4.69) is 58.8 Å². The van der Waals surface area contributed by atoms with E-state index in [-0.39, 0.29) is 0 Å². The largest absolute Gasteiger partial charge is 0.489 e. The molecule has 1 N–H and O–H groups in total. The van der Waals surface area contributed by atoms with Gasteiger partial charge in [-0.1, -0.05) is 60.2 Å². The van der Waals surface area contributed by atoms with Gasteiger partial charge in [-0.3, -0.25) is 5.43 Å². The summed E-state index contributed by atoms with van der Waals surface area (Å²) in [6.07, 6.45) is 0. The molecule has 4 nitrogen and oxygen atoms in total. The summed E-state index contributed by atoms with van der Waals surface area (Å²) in [4.78, 5) is 4.62. The Hall–Kier alpha value is -3.44. The Labute approximate surface area is 180 Å². The van der Waals surface area contributed by atoms with Crippen LogP contribution < -0.4 is 10.2 Å². The van der Waals surface area contributed by atoms with Gasteiger partial charge < -0.3 is 4.74 Å². The number of ether oxygens (including phenoxy) is 1. The van der Waals surface area contributed by atoms with E-state index >= 15 is 0 Å². The first kappa shape index (κ1) is 19.9. The van der Waals surface area contributed by atoms with Crippen LogP contribution in [0.25, 0.3) is 11.3 Å². The van der Waals surface area contributed by atoms with Gasteiger partial charge in [-0.15, -0.1) is 11.3 Å². The predicted molar refractivity (Wildman–Crippen MR) is 125 cm³/mol. The molecule has 1 aromatic heterocycles. The van der Waals surface area contributed by atoms with E-state index in [0.29, 0.717) is 6.61 Å². The topological polar surface area (TPSA) is 46.5 Å². The van der Waals surface area contributed by atoms with Crippen LogP contribution in [0.4, 0.5) is 5.13 Å². The molecule has 5 heteroatoms. The first-order chi connectivity index (χ1) is 14.7. The third-order valence-electron chi connectivity index (χ3n) is 4.69. The van der Waals surface area contributed by atoms with Crippen molar-refractivity contribution in [3.8, 4) is 17.0 Å². The van der Waals surface area contributed by atoms with Crippen molar-refractivity contribution in [3.63, 3.8) is 0 Å². The van der Waals surface area contributed by atoms with Crippen molar-refractivity contribution in [1.29, 1.82) is 0 Å². The highest BCUT2D eigenvalue weighted by molar-refractivity contribution is 7.14. The van der Waals surface area contributed by atoms with Gasteiger partial charge in [-0.05, 0) is 49.2 Å². The van der Waals surface area contributed by atoms with Crippen molar-refractivity contribution in [2.75, 3.05) is 5.43 Å². The third kappa shape index (κ3) is 5.13. The summed E-state index contributed by atoms with van der Waals surface area (Å²) in [6, 6.07) is 26.5. The maximum Gasteiger partial charge on any atom is 0.203 e.